The third-order valence-electron chi connectivity index (χ3n) is 4.80. The molecule has 0 saturated carbocycles. The Balaban J connectivity index is 1.66. The number of aromatic nitrogens is 1. The molecule has 0 N–H and O–H groups in total. The predicted octanol–water partition coefficient (Wildman–Crippen LogP) is 5.58. The van der Waals surface area contributed by atoms with Gasteiger partial charge in [0, 0.05) is 0 Å². The molecule has 0 aliphatic rings. The number of hydrogen-bond acceptors (Lipinski definition) is 6. The second-order valence-corrected chi connectivity index (χ2v) is 8.21. The highest BCUT2D eigenvalue weighted by Crippen LogP contribution is 2.39. The number of ether oxygens (including phenoxy) is 3. The van der Waals surface area contributed by atoms with E-state index in [1.807, 2.05) is 42.5 Å². The summed E-state index contributed by atoms with van der Waals surface area (Å²) in [5.74, 6) is 1.42. The van der Waals surface area contributed by atoms with Gasteiger partial charge in [-0.1, -0.05) is 65.4 Å². The van der Waals surface area contributed by atoms with Gasteiger partial charge in [-0.05, 0) is 29.8 Å². The highest BCUT2D eigenvalue weighted by atomic mass is 35.5. The van der Waals surface area contributed by atoms with Crippen LogP contribution >= 0.6 is 22.9 Å². The Morgan fingerprint density at radius 2 is 1.62 bits per heavy atom. The van der Waals surface area contributed by atoms with Crippen LogP contribution in [0, 0.1) is 0 Å². The van der Waals surface area contributed by atoms with Crippen LogP contribution in [0.15, 0.2) is 66.7 Å². The minimum Gasteiger partial charge on any atom is -0.494 e. The minimum atomic E-state index is -0.242. The van der Waals surface area contributed by atoms with Gasteiger partial charge in [0.2, 0.25) is 0 Å². The highest BCUT2D eigenvalue weighted by Gasteiger charge is 2.23. The molecule has 1 heterocycles. The number of carbonyl (C=O) groups excluding carboxylic acids is 1. The van der Waals surface area contributed by atoms with E-state index in [0.717, 1.165) is 10.3 Å². The first-order valence-electron chi connectivity index (χ1n) is 9.84. The SMILES string of the molecule is COc1ccccc1OCC(=O)N(Cc1ccccc1)c1nc2c(OC)ccc(Cl)c2s1. The van der Waals surface area contributed by atoms with Crippen molar-refractivity contribution in [3.05, 3.63) is 77.3 Å². The molecule has 4 rings (SSSR count). The molecule has 164 valence electrons. The van der Waals surface area contributed by atoms with Gasteiger partial charge in [0.15, 0.2) is 23.2 Å². The monoisotopic (exact) mass is 468 g/mol. The molecule has 1 amide bonds. The van der Waals surface area contributed by atoms with Crippen molar-refractivity contribution in [2.24, 2.45) is 0 Å². The van der Waals surface area contributed by atoms with Crippen LogP contribution in [0.5, 0.6) is 17.2 Å². The van der Waals surface area contributed by atoms with E-state index < -0.39 is 0 Å². The van der Waals surface area contributed by atoms with Crippen molar-refractivity contribution in [2.45, 2.75) is 6.54 Å². The molecule has 0 aliphatic carbocycles. The Hall–Kier alpha value is -3.29. The smallest absolute Gasteiger partial charge is 0.267 e. The molecular weight excluding hydrogens is 448 g/mol. The zero-order valence-corrected chi connectivity index (χ0v) is 19.2. The summed E-state index contributed by atoms with van der Waals surface area (Å²) < 4.78 is 17.3. The standard InChI is InChI=1S/C24H21ClN2O4S/c1-29-18-10-6-7-11-19(18)31-15-21(28)27(14-16-8-4-3-5-9-16)24-26-22-20(30-2)13-12-17(25)23(22)32-24/h3-13H,14-15H2,1-2H3. The molecule has 0 spiro atoms. The number of halogens is 1. The second-order valence-electron chi connectivity index (χ2n) is 6.83. The van der Waals surface area contributed by atoms with E-state index in [-0.39, 0.29) is 12.5 Å². The first kappa shape index (κ1) is 21.9. The average Bonchev–Trinajstić information content (AvgIpc) is 3.28. The van der Waals surface area contributed by atoms with Crippen molar-refractivity contribution in [1.82, 2.24) is 4.98 Å². The number of nitrogens with zero attached hydrogens (tertiary/aromatic N) is 2. The lowest BCUT2D eigenvalue weighted by Crippen LogP contribution is -2.34. The number of para-hydroxylation sites is 2. The molecule has 3 aromatic carbocycles. The van der Waals surface area contributed by atoms with Gasteiger partial charge in [0.25, 0.3) is 5.91 Å². The largest absolute Gasteiger partial charge is 0.494 e. The molecule has 0 saturated heterocycles. The fourth-order valence-electron chi connectivity index (χ4n) is 3.21. The number of fused-ring (bicyclic) bond motifs is 1. The molecule has 0 radical (unpaired) electrons. The van der Waals surface area contributed by atoms with Crippen LogP contribution in [-0.2, 0) is 11.3 Å². The molecule has 6 nitrogen and oxygen atoms in total. The average molecular weight is 469 g/mol. The van der Waals surface area contributed by atoms with Gasteiger partial charge in [-0.3, -0.25) is 9.69 Å². The number of anilines is 1. The van der Waals surface area contributed by atoms with Crippen molar-refractivity contribution in [2.75, 3.05) is 25.7 Å². The van der Waals surface area contributed by atoms with Gasteiger partial charge in [-0.2, -0.15) is 0 Å². The van der Waals surface area contributed by atoms with Crippen LogP contribution in [0.4, 0.5) is 5.13 Å². The zero-order valence-electron chi connectivity index (χ0n) is 17.6. The van der Waals surface area contributed by atoms with E-state index in [9.17, 15) is 4.79 Å². The summed E-state index contributed by atoms with van der Waals surface area (Å²) in [7, 11) is 3.14. The van der Waals surface area contributed by atoms with E-state index in [1.54, 1.807) is 43.4 Å². The van der Waals surface area contributed by atoms with Gasteiger partial charge in [0.1, 0.15) is 11.3 Å². The molecule has 0 aliphatic heterocycles. The van der Waals surface area contributed by atoms with Crippen LogP contribution in [-0.4, -0.2) is 31.7 Å². The van der Waals surface area contributed by atoms with Gasteiger partial charge >= 0.3 is 0 Å². The maximum atomic E-state index is 13.3. The van der Waals surface area contributed by atoms with Gasteiger partial charge in [0.05, 0.1) is 30.5 Å². The topological polar surface area (TPSA) is 60.9 Å². The summed E-state index contributed by atoms with van der Waals surface area (Å²) in [5, 5.41) is 1.07. The third-order valence-corrected chi connectivity index (χ3v) is 6.34. The normalized spacial score (nSPS) is 10.7. The van der Waals surface area contributed by atoms with E-state index in [4.69, 9.17) is 25.8 Å². The maximum absolute atomic E-state index is 13.3. The Kier molecular flexibility index (Phi) is 6.78. The summed E-state index contributed by atoms with van der Waals surface area (Å²) in [5.41, 5.74) is 1.59. The van der Waals surface area contributed by atoms with Crippen molar-refractivity contribution in [3.63, 3.8) is 0 Å². The molecule has 0 atom stereocenters. The van der Waals surface area contributed by atoms with Crippen molar-refractivity contribution in [3.8, 4) is 17.2 Å². The van der Waals surface area contributed by atoms with E-state index in [0.29, 0.717) is 39.5 Å². The molecule has 4 aromatic rings. The molecule has 32 heavy (non-hydrogen) atoms. The van der Waals surface area contributed by atoms with Gasteiger partial charge in [-0.15, -0.1) is 0 Å². The first-order chi connectivity index (χ1) is 15.6. The lowest BCUT2D eigenvalue weighted by molar-refractivity contribution is -0.120. The Bertz CT molecular complexity index is 1230. The molecule has 1 aromatic heterocycles. The van der Waals surface area contributed by atoms with Crippen LogP contribution < -0.4 is 19.1 Å². The summed E-state index contributed by atoms with van der Waals surface area (Å²) in [6.07, 6.45) is 0. The predicted molar refractivity (Wildman–Crippen MR) is 127 cm³/mol. The summed E-state index contributed by atoms with van der Waals surface area (Å²) in [6, 6.07) is 20.5. The molecule has 0 bridgehead atoms. The Morgan fingerprint density at radius 3 is 2.34 bits per heavy atom. The fraction of sp³-hybridized carbons (Fsp3) is 0.167. The number of amides is 1. The van der Waals surface area contributed by atoms with Gasteiger partial charge < -0.3 is 14.2 Å². The minimum absolute atomic E-state index is 0.173. The Labute approximate surface area is 194 Å². The van der Waals surface area contributed by atoms with Crippen LogP contribution in [0.1, 0.15) is 5.56 Å². The summed E-state index contributed by atoms with van der Waals surface area (Å²) >= 11 is 7.73. The number of carbonyl (C=O) groups is 1. The quantitative estimate of drug-likeness (QED) is 0.338. The summed E-state index contributed by atoms with van der Waals surface area (Å²) in [6.45, 7) is 0.169. The summed E-state index contributed by atoms with van der Waals surface area (Å²) in [4.78, 5) is 19.6. The zero-order chi connectivity index (χ0) is 22.5. The van der Waals surface area contributed by atoms with Crippen LogP contribution in [0.25, 0.3) is 10.2 Å². The lowest BCUT2D eigenvalue weighted by atomic mass is 10.2. The van der Waals surface area contributed by atoms with E-state index >= 15 is 0 Å². The number of thiazole rings is 1. The Morgan fingerprint density at radius 1 is 0.938 bits per heavy atom. The second kappa shape index (κ2) is 9.89. The third kappa shape index (κ3) is 4.64. The van der Waals surface area contributed by atoms with Crippen molar-refractivity contribution in [1.29, 1.82) is 0 Å². The fourth-order valence-corrected chi connectivity index (χ4v) is 4.48. The molecule has 0 fully saturated rings. The highest BCUT2D eigenvalue weighted by molar-refractivity contribution is 7.23. The number of hydrogen-bond donors (Lipinski definition) is 0. The van der Waals surface area contributed by atoms with Crippen LogP contribution in [0.3, 0.4) is 0 Å². The van der Waals surface area contributed by atoms with Crippen molar-refractivity contribution >= 4 is 44.2 Å². The number of benzene rings is 3. The van der Waals surface area contributed by atoms with Crippen LogP contribution in [0.2, 0.25) is 5.02 Å². The number of rotatable bonds is 8. The first-order valence-corrected chi connectivity index (χ1v) is 11.0. The van der Waals surface area contributed by atoms with Gasteiger partial charge in [-0.25, -0.2) is 4.98 Å². The maximum Gasteiger partial charge on any atom is 0.267 e. The van der Waals surface area contributed by atoms with E-state index in [1.165, 1.54) is 11.3 Å². The van der Waals surface area contributed by atoms with E-state index in [2.05, 4.69) is 4.98 Å². The molecule has 0 unspecified atom stereocenters. The molecular formula is C24H21ClN2O4S. The number of methoxy groups -OCH3 is 2. The molecule has 8 heteroatoms. The lowest BCUT2D eigenvalue weighted by Gasteiger charge is -2.20. The van der Waals surface area contributed by atoms with Crippen molar-refractivity contribution < 1.29 is 19.0 Å².